The Labute approximate surface area is 116 Å². The summed E-state index contributed by atoms with van der Waals surface area (Å²) in [7, 11) is 0. The van der Waals surface area contributed by atoms with Crippen LogP contribution in [0.25, 0.3) is 11.2 Å². The van der Waals surface area contributed by atoms with E-state index in [1.165, 1.54) is 4.73 Å². The molecule has 2 aromatic heterocycles. The smallest absolute Gasteiger partial charge is 0.334 e. The maximum atomic E-state index is 13.0. The van der Waals surface area contributed by atoms with Gasteiger partial charge in [-0.3, -0.25) is 0 Å². The molecule has 0 fully saturated rings. The molecular formula is C11H11FIN3O2. The van der Waals surface area contributed by atoms with E-state index in [0.717, 1.165) is 6.20 Å². The van der Waals surface area contributed by atoms with Gasteiger partial charge in [-0.05, 0) is 43.4 Å². The van der Waals surface area contributed by atoms with Crippen molar-refractivity contribution in [2.75, 3.05) is 0 Å². The molecule has 2 rings (SSSR count). The van der Waals surface area contributed by atoms with Crippen molar-refractivity contribution in [3.63, 3.8) is 0 Å². The van der Waals surface area contributed by atoms with E-state index in [2.05, 4.69) is 9.97 Å². The molecule has 5 nitrogen and oxygen atoms in total. The van der Waals surface area contributed by atoms with Gasteiger partial charge in [0, 0.05) is 0 Å². The maximum absolute atomic E-state index is 13.0. The van der Waals surface area contributed by atoms with Crippen LogP contribution in [0.15, 0.2) is 12.4 Å². The molecule has 2 heterocycles. The maximum Gasteiger partial charge on any atom is 0.338 e. The molecule has 0 unspecified atom stereocenters. The summed E-state index contributed by atoms with van der Waals surface area (Å²) in [5, 5.41) is 0. The first kappa shape index (κ1) is 13.2. The number of aromatic nitrogens is 3. The normalized spacial score (nSPS) is 11.8. The van der Waals surface area contributed by atoms with E-state index in [4.69, 9.17) is 4.84 Å². The fourth-order valence-corrected chi connectivity index (χ4v) is 1.82. The summed E-state index contributed by atoms with van der Waals surface area (Å²) in [6.45, 7) is 5.24. The molecular weight excluding hydrogens is 352 g/mol. The molecule has 0 aliphatic carbocycles. The minimum absolute atomic E-state index is 0.318. The van der Waals surface area contributed by atoms with Gasteiger partial charge in [0.2, 0.25) is 5.95 Å². The van der Waals surface area contributed by atoms with Crippen LogP contribution >= 0.6 is 22.6 Å². The van der Waals surface area contributed by atoms with Crippen molar-refractivity contribution in [3.8, 4) is 0 Å². The van der Waals surface area contributed by atoms with E-state index < -0.39 is 17.3 Å². The van der Waals surface area contributed by atoms with Gasteiger partial charge in [0.25, 0.3) is 0 Å². The summed E-state index contributed by atoms with van der Waals surface area (Å²) in [6, 6.07) is 0. The Balaban J connectivity index is 2.44. The highest BCUT2D eigenvalue weighted by Crippen LogP contribution is 2.20. The first-order valence-corrected chi connectivity index (χ1v) is 6.29. The summed E-state index contributed by atoms with van der Waals surface area (Å²) >= 11 is 1.98. The standard InChI is InChI=1S/C11H11FIN3O2/c1-11(2,3)10(17)18-16-5-6(13)8-9(16)14-4-7(12)15-8/h4-5H,1-3H3. The lowest BCUT2D eigenvalue weighted by Gasteiger charge is -2.16. The molecule has 0 saturated carbocycles. The zero-order valence-electron chi connectivity index (χ0n) is 10.1. The molecule has 0 aliphatic rings. The minimum atomic E-state index is -0.666. The molecule has 0 atom stereocenters. The van der Waals surface area contributed by atoms with Crippen LogP contribution < -0.4 is 4.84 Å². The van der Waals surface area contributed by atoms with Gasteiger partial charge in [-0.1, -0.05) is 0 Å². The molecule has 0 bridgehead atoms. The van der Waals surface area contributed by atoms with Crippen molar-refractivity contribution >= 4 is 39.7 Å². The molecule has 0 saturated heterocycles. The lowest BCUT2D eigenvalue weighted by Crippen LogP contribution is -2.31. The van der Waals surface area contributed by atoms with E-state index in [-0.39, 0.29) is 0 Å². The summed E-state index contributed by atoms with van der Waals surface area (Å²) in [5.41, 5.74) is 0.0610. The first-order chi connectivity index (χ1) is 8.29. The number of carbonyl (C=O) groups excluding carboxylic acids is 1. The molecule has 0 radical (unpaired) electrons. The highest BCUT2D eigenvalue weighted by molar-refractivity contribution is 14.1. The number of rotatable bonds is 1. The Morgan fingerprint density at radius 3 is 2.78 bits per heavy atom. The van der Waals surface area contributed by atoms with E-state index >= 15 is 0 Å². The second-order valence-corrected chi connectivity index (χ2v) is 5.96. The predicted molar refractivity (Wildman–Crippen MR) is 71.2 cm³/mol. The van der Waals surface area contributed by atoms with Crippen LogP contribution in [0.2, 0.25) is 0 Å². The Morgan fingerprint density at radius 1 is 1.50 bits per heavy atom. The molecule has 18 heavy (non-hydrogen) atoms. The third-order valence-corrected chi connectivity index (χ3v) is 2.97. The van der Waals surface area contributed by atoms with Gasteiger partial charge >= 0.3 is 5.97 Å². The zero-order chi connectivity index (χ0) is 13.5. The van der Waals surface area contributed by atoms with Gasteiger partial charge < -0.3 is 4.84 Å². The summed E-state index contributed by atoms with van der Waals surface area (Å²) in [4.78, 5) is 24.6. The van der Waals surface area contributed by atoms with Crippen molar-refractivity contribution in [3.05, 3.63) is 21.9 Å². The monoisotopic (exact) mass is 363 g/mol. The first-order valence-electron chi connectivity index (χ1n) is 5.21. The topological polar surface area (TPSA) is 57.0 Å². The molecule has 0 aromatic carbocycles. The number of hydrogen-bond acceptors (Lipinski definition) is 4. The highest BCUT2D eigenvalue weighted by atomic mass is 127. The average Bonchev–Trinajstić information content (AvgIpc) is 2.54. The second kappa shape index (κ2) is 4.45. The van der Waals surface area contributed by atoms with Gasteiger partial charge in [-0.15, -0.1) is 0 Å². The lowest BCUT2D eigenvalue weighted by atomic mass is 9.98. The Kier molecular flexibility index (Phi) is 3.26. The minimum Gasteiger partial charge on any atom is -0.334 e. The molecule has 0 spiro atoms. The summed E-state index contributed by atoms with van der Waals surface area (Å²) < 4.78 is 14.9. The number of hydrogen-bond donors (Lipinski definition) is 0. The van der Waals surface area contributed by atoms with E-state index in [1.54, 1.807) is 27.0 Å². The highest BCUT2D eigenvalue weighted by Gasteiger charge is 2.25. The zero-order valence-corrected chi connectivity index (χ0v) is 12.2. The summed E-state index contributed by atoms with van der Waals surface area (Å²) in [6.07, 6.45) is 2.54. The number of fused-ring (bicyclic) bond motifs is 1. The quantitative estimate of drug-likeness (QED) is 0.729. The lowest BCUT2D eigenvalue weighted by molar-refractivity contribution is -0.152. The Hall–Kier alpha value is -1.25. The number of nitrogens with zero attached hydrogens (tertiary/aromatic N) is 3. The van der Waals surface area contributed by atoms with Crippen molar-refractivity contribution in [2.45, 2.75) is 20.8 Å². The molecule has 96 valence electrons. The third kappa shape index (κ3) is 2.45. The van der Waals surface area contributed by atoms with Gasteiger partial charge in [-0.2, -0.15) is 9.12 Å². The Morgan fingerprint density at radius 2 is 2.17 bits per heavy atom. The van der Waals surface area contributed by atoms with Gasteiger partial charge in [0.15, 0.2) is 5.65 Å². The van der Waals surface area contributed by atoms with Crippen LogP contribution in [0.1, 0.15) is 20.8 Å². The van der Waals surface area contributed by atoms with Crippen molar-refractivity contribution in [2.24, 2.45) is 5.41 Å². The van der Waals surface area contributed by atoms with Crippen LogP contribution in [-0.4, -0.2) is 20.7 Å². The van der Waals surface area contributed by atoms with Crippen LogP contribution in [0.5, 0.6) is 0 Å². The van der Waals surface area contributed by atoms with Gasteiger partial charge in [0.05, 0.1) is 21.4 Å². The number of carbonyl (C=O) groups is 1. The van der Waals surface area contributed by atoms with Crippen LogP contribution in [0.3, 0.4) is 0 Å². The Bertz CT molecular complexity index is 619. The van der Waals surface area contributed by atoms with E-state index in [1.807, 2.05) is 22.6 Å². The molecule has 2 aromatic rings. The van der Waals surface area contributed by atoms with Gasteiger partial charge in [0.1, 0.15) is 5.52 Å². The molecule has 0 amide bonds. The average molecular weight is 363 g/mol. The van der Waals surface area contributed by atoms with Crippen LogP contribution in [-0.2, 0) is 4.79 Å². The largest absolute Gasteiger partial charge is 0.338 e. The van der Waals surface area contributed by atoms with Crippen LogP contribution in [0.4, 0.5) is 4.39 Å². The predicted octanol–water partition coefficient (Wildman–Crippen LogP) is 2.18. The van der Waals surface area contributed by atoms with Crippen LogP contribution in [0, 0.1) is 14.9 Å². The van der Waals surface area contributed by atoms with Crippen molar-refractivity contribution < 1.29 is 14.0 Å². The molecule has 7 heteroatoms. The third-order valence-electron chi connectivity index (χ3n) is 2.18. The van der Waals surface area contributed by atoms with Gasteiger partial charge in [-0.25, -0.2) is 14.8 Å². The van der Waals surface area contributed by atoms with E-state index in [0.29, 0.717) is 14.7 Å². The SMILES string of the molecule is CC(C)(C)C(=O)On1cc(I)c2nc(F)cnc21. The summed E-state index contributed by atoms with van der Waals surface area (Å²) in [5.74, 6) is -1.07. The second-order valence-electron chi connectivity index (χ2n) is 4.80. The fourth-order valence-electron chi connectivity index (χ4n) is 1.20. The van der Waals surface area contributed by atoms with Crippen molar-refractivity contribution in [1.29, 1.82) is 0 Å². The molecule has 0 aliphatic heterocycles. The molecule has 0 N–H and O–H groups in total. The number of halogens is 2. The fraction of sp³-hybridized carbons (Fsp3) is 0.364. The van der Waals surface area contributed by atoms with E-state index in [9.17, 15) is 9.18 Å². The van der Waals surface area contributed by atoms with Crippen molar-refractivity contribution in [1.82, 2.24) is 14.7 Å².